The Hall–Kier alpha value is -2.48. The largest absolute Gasteiger partial charge is 0.491 e. The lowest BCUT2D eigenvalue weighted by molar-refractivity contribution is 0.122. The summed E-state index contributed by atoms with van der Waals surface area (Å²) in [6.07, 6.45) is 1.05. The third kappa shape index (κ3) is 7.58. The van der Waals surface area contributed by atoms with Gasteiger partial charge in [-0.25, -0.2) is 22.9 Å². The third-order valence-corrected chi connectivity index (χ3v) is 5.68. The second-order valence-electron chi connectivity index (χ2n) is 7.67. The van der Waals surface area contributed by atoms with Crippen molar-refractivity contribution in [1.29, 1.82) is 0 Å². The molecule has 0 spiro atoms. The summed E-state index contributed by atoms with van der Waals surface area (Å²) in [6, 6.07) is 5.16. The number of anilines is 3. The van der Waals surface area contributed by atoms with Crippen LogP contribution in [0, 0.1) is 5.92 Å². The maximum Gasteiger partial charge on any atom is 0.325 e. The zero-order valence-electron chi connectivity index (χ0n) is 18.3. The third-order valence-electron chi connectivity index (χ3n) is 4.34. The number of aromatic nitrogens is 2. The molecule has 0 bridgehead atoms. The van der Waals surface area contributed by atoms with Gasteiger partial charge in [0.25, 0.3) is 0 Å². The molecular weight excluding hydrogens is 456 g/mol. The number of amides is 2. The quantitative estimate of drug-likeness (QED) is 0.493. The highest BCUT2D eigenvalue weighted by molar-refractivity contribution is 7.88. The fraction of sp³-hybridized carbons (Fsp3) is 0.526. The molecule has 13 heteroatoms. The molecule has 3 N–H and O–H groups in total. The number of morpholine rings is 1. The van der Waals surface area contributed by atoms with Gasteiger partial charge in [0.15, 0.2) is 5.82 Å². The highest BCUT2D eigenvalue weighted by Gasteiger charge is 2.16. The SMILES string of the molecule is CC(C)COc1cc(N2CCOCC2)ccc1NC(=O)Nc1nc(CNS(C)(=O)=O)ns1. The van der Waals surface area contributed by atoms with Crippen molar-refractivity contribution in [2.24, 2.45) is 5.92 Å². The maximum absolute atomic E-state index is 12.5. The first-order chi connectivity index (χ1) is 15.2. The van der Waals surface area contributed by atoms with E-state index in [0.717, 1.165) is 36.6 Å². The van der Waals surface area contributed by atoms with Crippen molar-refractivity contribution in [3.05, 3.63) is 24.0 Å². The van der Waals surface area contributed by atoms with Gasteiger partial charge in [-0.3, -0.25) is 5.32 Å². The molecule has 2 amide bonds. The lowest BCUT2D eigenvalue weighted by Gasteiger charge is -2.29. The van der Waals surface area contributed by atoms with Gasteiger partial charge in [0.2, 0.25) is 15.2 Å². The van der Waals surface area contributed by atoms with E-state index in [0.29, 0.717) is 37.2 Å². The number of nitrogens with zero attached hydrogens (tertiary/aromatic N) is 3. The van der Waals surface area contributed by atoms with Crippen LogP contribution in [0.3, 0.4) is 0 Å². The normalized spacial score (nSPS) is 14.4. The number of sulfonamides is 1. The van der Waals surface area contributed by atoms with Crippen LogP contribution in [0.4, 0.5) is 21.3 Å². The van der Waals surface area contributed by atoms with Crippen LogP contribution in [0.1, 0.15) is 19.7 Å². The molecule has 1 aliphatic rings. The number of hydrogen-bond donors (Lipinski definition) is 3. The molecule has 0 aliphatic carbocycles. The Morgan fingerprint density at radius 1 is 1.28 bits per heavy atom. The van der Waals surface area contributed by atoms with Crippen LogP contribution in [0.15, 0.2) is 18.2 Å². The van der Waals surface area contributed by atoms with E-state index in [1.807, 2.05) is 18.2 Å². The van der Waals surface area contributed by atoms with Crippen molar-refractivity contribution >= 4 is 44.1 Å². The van der Waals surface area contributed by atoms with Crippen LogP contribution < -0.4 is 25.0 Å². The molecule has 0 saturated carbocycles. The van der Waals surface area contributed by atoms with Gasteiger partial charge >= 0.3 is 6.03 Å². The van der Waals surface area contributed by atoms with Gasteiger partial charge in [0, 0.05) is 36.4 Å². The molecule has 1 fully saturated rings. The Morgan fingerprint density at radius 2 is 2.03 bits per heavy atom. The summed E-state index contributed by atoms with van der Waals surface area (Å²) in [4.78, 5) is 18.8. The molecule has 32 heavy (non-hydrogen) atoms. The number of ether oxygens (including phenoxy) is 2. The molecule has 0 unspecified atom stereocenters. The van der Waals surface area contributed by atoms with E-state index >= 15 is 0 Å². The lowest BCUT2D eigenvalue weighted by Crippen LogP contribution is -2.36. The van der Waals surface area contributed by atoms with Crippen LogP contribution in [0.2, 0.25) is 0 Å². The van der Waals surface area contributed by atoms with Gasteiger partial charge in [-0.15, -0.1) is 0 Å². The van der Waals surface area contributed by atoms with Gasteiger partial charge in [0.05, 0.1) is 38.3 Å². The van der Waals surface area contributed by atoms with Crippen molar-refractivity contribution in [3.63, 3.8) is 0 Å². The highest BCUT2D eigenvalue weighted by Crippen LogP contribution is 2.31. The van der Waals surface area contributed by atoms with Crippen LogP contribution in [-0.4, -0.2) is 63.0 Å². The topological polar surface area (TPSA) is 135 Å². The molecule has 1 saturated heterocycles. The van der Waals surface area contributed by atoms with Crippen LogP contribution in [0.25, 0.3) is 0 Å². The molecular formula is C19H28N6O5S2. The Labute approximate surface area is 191 Å². The second-order valence-corrected chi connectivity index (χ2v) is 10.3. The maximum atomic E-state index is 12.5. The van der Waals surface area contributed by atoms with Crippen molar-refractivity contribution < 1.29 is 22.7 Å². The molecule has 11 nitrogen and oxygen atoms in total. The van der Waals surface area contributed by atoms with Crippen LogP contribution in [0.5, 0.6) is 5.75 Å². The molecule has 3 rings (SSSR count). The summed E-state index contributed by atoms with van der Waals surface area (Å²) in [6.45, 7) is 7.51. The Kier molecular flexibility index (Phi) is 8.23. The first kappa shape index (κ1) is 24.2. The summed E-state index contributed by atoms with van der Waals surface area (Å²) < 4.78 is 40.1. The number of urea groups is 1. The average molecular weight is 485 g/mol. The van der Waals surface area contributed by atoms with Crippen molar-refractivity contribution in [3.8, 4) is 5.75 Å². The minimum atomic E-state index is -3.35. The van der Waals surface area contributed by atoms with E-state index in [4.69, 9.17) is 9.47 Å². The Balaban J connectivity index is 1.66. The summed E-state index contributed by atoms with van der Waals surface area (Å²) in [5.41, 5.74) is 1.54. The van der Waals surface area contributed by atoms with Gasteiger partial charge in [-0.1, -0.05) is 13.8 Å². The van der Waals surface area contributed by atoms with E-state index in [2.05, 4.69) is 43.5 Å². The first-order valence-electron chi connectivity index (χ1n) is 10.1. The summed E-state index contributed by atoms with van der Waals surface area (Å²) in [7, 11) is -3.35. The van der Waals surface area contributed by atoms with E-state index in [1.165, 1.54) is 0 Å². The first-order valence-corrected chi connectivity index (χ1v) is 12.8. The number of benzene rings is 1. The van der Waals surface area contributed by atoms with E-state index in [-0.39, 0.29) is 17.5 Å². The van der Waals surface area contributed by atoms with Crippen molar-refractivity contribution in [2.75, 3.05) is 54.7 Å². The average Bonchev–Trinajstić information content (AvgIpc) is 3.19. The number of rotatable bonds is 9. The number of carbonyl (C=O) groups is 1. The highest BCUT2D eigenvalue weighted by atomic mass is 32.2. The van der Waals surface area contributed by atoms with E-state index in [1.54, 1.807) is 0 Å². The minimum absolute atomic E-state index is 0.0468. The number of nitrogens with one attached hydrogen (secondary N) is 3. The van der Waals surface area contributed by atoms with Gasteiger partial charge in [-0.05, 0) is 18.1 Å². The second kappa shape index (κ2) is 10.9. The zero-order chi connectivity index (χ0) is 23.1. The predicted molar refractivity (Wildman–Crippen MR) is 124 cm³/mol. The molecule has 0 atom stereocenters. The van der Waals surface area contributed by atoms with Gasteiger partial charge in [0.1, 0.15) is 5.75 Å². The lowest BCUT2D eigenvalue weighted by atomic mass is 10.2. The van der Waals surface area contributed by atoms with Crippen molar-refractivity contribution in [1.82, 2.24) is 14.1 Å². The number of hydrogen-bond acceptors (Lipinski definition) is 9. The molecule has 2 heterocycles. The standard InChI is InChI=1S/C19H28N6O5S2/c1-13(2)12-30-16-10-14(25-6-8-29-9-7-25)4-5-15(16)21-18(26)23-19-22-17(24-31-19)11-20-32(3,27)28/h4-5,10,13,20H,6-9,11-12H2,1-3H3,(H2,21,22,23,24,26). The molecule has 2 aromatic rings. The van der Waals surface area contributed by atoms with Gasteiger partial charge < -0.3 is 19.7 Å². The van der Waals surface area contributed by atoms with E-state index in [9.17, 15) is 13.2 Å². The van der Waals surface area contributed by atoms with Gasteiger partial charge in [-0.2, -0.15) is 4.37 Å². The summed E-state index contributed by atoms with van der Waals surface area (Å²) in [5, 5.41) is 5.65. The number of carbonyl (C=O) groups excluding carboxylic acids is 1. The summed E-state index contributed by atoms with van der Waals surface area (Å²) >= 11 is 0.961. The summed E-state index contributed by atoms with van der Waals surface area (Å²) in [5.74, 6) is 1.17. The monoisotopic (exact) mass is 484 g/mol. The molecule has 1 aromatic heterocycles. The molecule has 1 aromatic carbocycles. The molecule has 1 aliphatic heterocycles. The van der Waals surface area contributed by atoms with E-state index < -0.39 is 16.1 Å². The molecule has 0 radical (unpaired) electrons. The van der Waals surface area contributed by atoms with Crippen LogP contribution in [-0.2, 0) is 21.3 Å². The van der Waals surface area contributed by atoms with Crippen molar-refractivity contribution in [2.45, 2.75) is 20.4 Å². The smallest absolute Gasteiger partial charge is 0.325 e. The fourth-order valence-corrected chi connectivity index (χ4v) is 3.80. The van der Waals surface area contributed by atoms with Crippen LogP contribution >= 0.6 is 11.5 Å². The zero-order valence-corrected chi connectivity index (χ0v) is 19.9. The molecule has 176 valence electrons. The Morgan fingerprint density at radius 3 is 2.72 bits per heavy atom. The predicted octanol–water partition coefficient (Wildman–Crippen LogP) is 2.10. The minimum Gasteiger partial charge on any atom is -0.491 e. The Bertz CT molecular complexity index is 1020. The fourth-order valence-electron chi connectivity index (χ4n) is 2.83.